The molecule has 1 aromatic carbocycles. The molecule has 0 radical (unpaired) electrons. The van der Waals surface area contributed by atoms with E-state index in [1.54, 1.807) is 35.5 Å². The van der Waals surface area contributed by atoms with Gasteiger partial charge in [0, 0.05) is 24.5 Å². The van der Waals surface area contributed by atoms with Crippen LogP contribution in [0.4, 0.5) is 0 Å². The quantitative estimate of drug-likeness (QED) is 0.354. The van der Waals surface area contributed by atoms with Crippen molar-refractivity contribution in [1.82, 2.24) is 30.0 Å². The van der Waals surface area contributed by atoms with E-state index in [0.29, 0.717) is 23.0 Å². The van der Waals surface area contributed by atoms with E-state index >= 15 is 0 Å². The summed E-state index contributed by atoms with van der Waals surface area (Å²) >= 11 is 0. The lowest BCUT2D eigenvalue weighted by atomic mass is 9.99. The normalized spacial score (nSPS) is 13.9. The van der Waals surface area contributed by atoms with E-state index in [2.05, 4.69) is 25.4 Å². The van der Waals surface area contributed by atoms with Crippen LogP contribution in [0, 0.1) is 6.92 Å². The zero-order chi connectivity index (χ0) is 24.5. The van der Waals surface area contributed by atoms with Gasteiger partial charge in [-0.15, -0.1) is 0 Å². The zero-order valence-electron chi connectivity index (χ0n) is 19.7. The van der Waals surface area contributed by atoms with Crippen LogP contribution in [0.25, 0.3) is 17.4 Å². The summed E-state index contributed by atoms with van der Waals surface area (Å²) in [5, 5.41) is 7.77. The van der Waals surface area contributed by atoms with Gasteiger partial charge in [0.05, 0.1) is 23.5 Å². The minimum Gasteiger partial charge on any atom is -0.460 e. The molecule has 8 nitrogen and oxygen atoms in total. The molecule has 6 rings (SSSR count). The molecule has 0 aliphatic heterocycles. The fourth-order valence-electron chi connectivity index (χ4n) is 4.37. The number of nitrogens with one attached hydrogen (secondary N) is 1. The van der Waals surface area contributed by atoms with Crippen LogP contribution in [-0.4, -0.2) is 30.6 Å². The Morgan fingerprint density at radius 2 is 1.78 bits per heavy atom. The number of pyridine rings is 1. The molecule has 8 heteroatoms. The Balaban J connectivity index is 1.35. The van der Waals surface area contributed by atoms with Crippen molar-refractivity contribution >= 4 is 5.91 Å². The second kappa shape index (κ2) is 9.22. The minimum atomic E-state index is -0.320. The van der Waals surface area contributed by atoms with Gasteiger partial charge in [0.2, 0.25) is 0 Å². The van der Waals surface area contributed by atoms with E-state index < -0.39 is 0 Å². The monoisotopic (exact) mass is 476 g/mol. The van der Waals surface area contributed by atoms with Crippen molar-refractivity contribution in [2.24, 2.45) is 0 Å². The highest BCUT2D eigenvalue weighted by Gasteiger charge is 2.34. The summed E-state index contributed by atoms with van der Waals surface area (Å²) in [6.07, 6.45) is 8.75. The molecule has 1 aliphatic rings. The number of amides is 1. The van der Waals surface area contributed by atoms with Crippen molar-refractivity contribution in [2.45, 2.75) is 31.7 Å². The van der Waals surface area contributed by atoms with Crippen LogP contribution in [0.15, 0.2) is 89.9 Å². The van der Waals surface area contributed by atoms with Crippen LogP contribution in [-0.2, 0) is 0 Å². The highest BCUT2D eigenvalue weighted by Crippen LogP contribution is 2.42. The first-order valence-electron chi connectivity index (χ1n) is 11.9. The van der Waals surface area contributed by atoms with Crippen LogP contribution < -0.4 is 5.32 Å². The molecule has 5 aromatic rings. The fourth-order valence-corrected chi connectivity index (χ4v) is 4.37. The van der Waals surface area contributed by atoms with E-state index in [0.717, 1.165) is 35.4 Å². The van der Waals surface area contributed by atoms with Crippen LogP contribution >= 0.6 is 0 Å². The highest BCUT2D eigenvalue weighted by atomic mass is 16.3. The van der Waals surface area contributed by atoms with E-state index in [-0.39, 0.29) is 17.9 Å². The Morgan fingerprint density at radius 3 is 2.50 bits per heavy atom. The number of rotatable bonds is 7. The van der Waals surface area contributed by atoms with Crippen molar-refractivity contribution in [3.8, 4) is 17.4 Å². The predicted octanol–water partition coefficient (Wildman–Crippen LogP) is 5.02. The molecule has 36 heavy (non-hydrogen) atoms. The number of nitrogens with zero attached hydrogens (tertiary/aromatic N) is 5. The summed E-state index contributed by atoms with van der Waals surface area (Å²) in [7, 11) is 0. The molecule has 0 bridgehead atoms. The Labute approximate surface area is 208 Å². The first-order chi connectivity index (χ1) is 17.7. The molecule has 0 unspecified atom stereocenters. The molecule has 178 valence electrons. The SMILES string of the molecule is Cc1ccc(-c2ccnc(-n3ncc(C(=O)N[C@H](c4ccccc4)c4ccncc4)c3C3CC3)n2)o1. The number of carbonyl (C=O) groups is 1. The van der Waals surface area contributed by atoms with Crippen LogP contribution in [0.3, 0.4) is 0 Å². The van der Waals surface area contributed by atoms with E-state index in [1.165, 1.54) is 0 Å². The number of hydrogen-bond donors (Lipinski definition) is 1. The van der Waals surface area contributed by atoms with Gasteiger partial charge in [-0.3, -0.25) is 9.78 Å². The summed E-state index contributed by atoms with van der Waals surface area (Å²) in [6, 6.07) is 19.0. The van der Waals surface area contributed by atoms with Crippen molar-refractivity contribution in [3.63, 3.8) is 0 Å². The highest BCUT2D eigenvalue weighted by molar-refractivity contribution is 5.96. The summed E-state index contributed by atoms with van der Waals surface area (Å²) in [5.41, 5.74) is 3.98. The Bertz CT molecular complexity index is 1470. The number of hydrogen-bond acceptors (Lipinski definition) is 6. The Kier molecular flexibility index (Phi) is 5.61. The van der Waals surface area contributed by atoms with Gasteiger partial charge in [0.25, 0.3) is 11.9 Å². The molecular formula is C28H24N6O2. The average Bonchev–Trinajstić information content (AvgIpc) is 3.51. The molecule has 0 saturated heterocycles. The van der Waals surface area contributed by atoms with Gasteiger partial charge in [-0.25, -0.2) is 14.6 Å². The third kappa shape index (κ3) is 4.29. The van der Waals surface area contributed by atoms with Crippen molar-refractivity contribution in [2.75, 3.05) is 0 Å². The van der Waals surface area contributed by atoms with Crippen LogP contribution in [0.1, 0.15) is 57.7 Å². The van der Waals surface area contributed by atoms with Crippen molar-refractivity contribution in [1.29, 1.82) is 0 Å². The smallest absolute Gasteiger partial charge is 0.255 e. The molecule has 1 atom stereocenters. The average molecular weight is 477 g/mol. The maximum absolute atomic E-state index is 13.7. The molecule has 0 spiro atoms. The van der Waals surface area contributed by atoms with E-state index in [9.17, 15) is 4.79 Å². The minimum absolute atomic E-state index is 0.188. The standard InChI is InChI=1S/C28H24N6O2/c1-18-7-10-24(36-18)23-13-16-30-28(32-23)34-26(21-8-9-21)22(17-31-34)27(35)33-25(19-5-3-2-4-6-19)20-11-14-29-15-12-20/h2-7,10-17,21,25H,8-9H2,1H3,(H,33,35)/t25-/m1/s1. The zero-order valence-corrected chi connectivity index (χ0v) is 19.7. The molecule has 1 amide bonds. The predicted molar refractivity (Wildman–Crippen MR) is 134 cm³/mol. The van der Waals surface area contributed by atoms with Gasteiger partial charge in [0.15, 0.2) is 5.76 Å². The van der Waals surface area contributed by atoms with Gasteiger partial charge >= 0.3 is 0 Å². The number of furan rings is 1. The van der Waals surface area contributed by atoms with Crippen LogP contribution in [0.2, 0.25) is 0 Å². The third-order valence-corrected chi connectivity index (χ3v) is 6.29. The molecule has 1 fully saturated rings. The first-order valence-corrected chi connectivity index (χ1v) is 11.9. The lowest BCUT2D eigenvalue weighted by Gasteiger charge is -2.20. The first kappa shape index (κ1) is 21.9. The number of aromatic nitrogens is 5. The molecule has 1 aliphatic carbocycles. The maximum Gasteiger partial charge on any atom is 0.255 e. The third-order valence-electron chi connectivity index (χ3n) is 6.29. The van der Waals surface area contributed by atoms with E-state index in [1.807, 2.05) is 61.5 Å². The number of aryl methyl sites for hydroxylation is 1. The van der Waals surface area contributed by atoms with Gasteiger partial charge < -0.3 is 9.73 Å². The Morgan fingerprint density at radius 1 is 1.00 bits per heavy atom. The molecular weight excluding hydrogens is 452 g/mol. The number of carbonyl (C=O) groups excluding carboxylic acids is 1. The molecule has 4 aromatic heterocycles. The summed E-state index contributed by atoms with van der Waals surface area (Å²) < 4.78 is 7.42. The lowest BCUT2D eigenvalue weighted by molar-refractivity contribution is 0.0942. The second-order valence-electron chi connectivity index (χ2n) is 8.88. The summed E-state index contributed by atoms with van der Waals surface area (Å²) in [5.74, 6) is 1.94. The van der Waals surface area contributed by atoms with Crippen molar-refractivity contribution < 1.29 is 9.21 Å². The maximum atomic E-state index is 13.7. The Hall–Kier alpha value is -4.59. The van der Waals surface area contributed by atoms with Crippen molar-refractivity contribution in [3.05, 3.63) is 114 Å². The summed E-state index contributed by atoms with van der Waals surface area (Å²) in [4.78, 5) is 26.9. The van der Waals surface area contributed by atoms with E-state index in [4.69, 9.17) is 4.42 Å². The summed E-state index contributed by atoms with van der Waals surface area (Å²) in [6.45, 7) is 1.89. The van der Waals surface area contributed by atoms with Gasteiger partial charge in [-0.1, -0.05) is 30.3 Å². The fraction of sp³-hybridized carbons (Fsp3) is 0.179. The largest absolute Gasteiger partial charge is 0.460 e. The molecule has 1 saturated carbocycles. The van der Waals surface area contributed by atoms with Gasteiger partial charge in [0.1, 0.15) is 11.5 Å². The van der Waals surface area contributed by atoms with Gasteiger partial charge in [-0.05, 0) is 61.2 Å². The second-order valence-corrected chi connectivity index (χ2v) is 8.88. The molecule has 1 N–H and O–H groups in total. The molecule has 4 heterocycles. The topological polar surface area (TPSA) is 98.7 Å². The number of benzene rings is 1. The van der Waals surface area contributed by atoms with Crippen LogP contribution in [0.5, 0.6) is 0 Å². The van der Waals surface area contributed by atoms with Gasteiger partial charge in [-0.2, -0.15) is 5.10 Å². The lowest BCUT2D eigenvalue weighted by Crippen LogP contribution is -2.30.